The molecule has 6 nitrogen and oxygen atoms in total. The van der Waals surface area contributed by atoms with Crippen molar-refractivity contribution in [2.24, 2.45) is 7.05 Å². The van der Waals surface area contributed by atoms with E-state index in [2.05, 4.69) is 15.4 Å². The van der Waals surface area contributed by atoms with Crippen molar-refractivity contribution in [1.29, 1.82) is 0 Å². The molecule has 0 bridgehead atoms. The quantitative estimate of drug-likeness (QED) is 0.770. The SMILES string of the molecule is CCOc1ccc(-c2nc(NC(=O)c3cnn(C)c3)sc2C)cc1. The lowest BCUT2D eigenvalue weighted by Crippen LogP contribution is -2.10. The van der Waals surface area contributed by atoms with Crippen LogP contribution in [0.4, 0.5) is 5.13 Å². The summed E-state index contributed by atoms with van der Waals surface area (Å²) in [6, 6.07) is 7.79. The number of hydrogen-bond acceptors (Lipinski definition) is 5. The minimum absolute atomic E-state index is 0.213. The lowest BCUT2D eigenvalue weighted by Gasteiger charge is -2.04. The number of nitrogens with one attached hydrogen (secondary N) is 1. The summed E-state index contributed by atoms with van der Waals surface area (Å²) in [7, 11) is 1.77. The van der Waals surface area contributed by atoms with Gasteiger partial charge in [0.1, 0.15) is 5.75 Å². The number of ether oxygens (including phenoxy) is 1. The first-order valence-electron chi connectivity index (χ1n) is 7.57. The molecule has 3 rings (SSSR count). The largest absolute Gasteiger partial charge is 0.494 e. The Hall–Kier alpha value is -2.67. The first-order chi connectivity index (χ1) is 11.6. The van der Waals surface area contributed by atoms with E-state index < -0.39 is 0 Å². The summed E-state index contributed by atoms with van der Waals surface area (Å²) in [6.07, 6.45) is 3.20. The molecule has 0 saturated heterocycles. The minimum Gasteiger partial charge on any atom is -0.494 e. The zero-order valence-electron chi connectivity index (χ0n) is 13.7. The van der Waals surface area contributed by atoms with Gasteiger partial charge < -0.3 is 4.74 Å². The van der Waals surface area contributed by atoms with Crippen LogP contribution in [0, 0.1) is 6.92 Å². The zero-order chi connectivity index (χ0) is 17.1. The monoisotopic (exact) mass is 342 g/mol. The zero-order valence-corrected chi connectivity index (χ0v) is 14.6. The summed E-state index contributed by atoms with van der Waals surface area (Å²) >= 11 is 1.45. The van der Waals surface area contributed by atoms with Gasteiger partial charge >= 0.3 is 0 Å². The van der Waals surface area contributed by atoms with Gasteiger partial charge in [-0.2, -0.15) is 5.10 Å². The van der Waals surface area contributed by atoms with Gasteiger partial charge in [-0.1, -0.05) is 0 Å². The Morgan fingerprint density at radius 2 is 2.08 bits per heavy atom. The van der Waals surface area contributed by atoms with Gasteiger partial charge in [0.2, 0.25) is 0 Å². The van der Waals surface area contributed by atoms with Gasteiger partial charge in [-0.15, -0.1) is 11.3 Å². The second kappa shape index (κ2) is 6.84. The average Bonchev–Trinajstić information content (AvgIpc) is 3.14. The summed E-state index contributed by atoms with van der Waals surface area (Å²) in [4.78, 5) is 17.8. The van der Waals surface area contributed by atoms with E-state index in [1.165, 1.54) is 17.5 Å². The number of carbonyl (C=O) groups excluding carboxylic acids is 1. The van der Waals surface area contributed by atoms with Crippen LogP contribution in [0.15, 0.2) is 36.7 Å². The highest BCUT2D eigenvalue weighted by Crippen LogP contribution is 2.31. The molecule has 0 fully saturated rings. The highest BCUT2D eigenvalue weighted by atomic mass is 32.1. The van der Waals surface area contributed by atoms with Crippen LogP contribution in [0.2, 0.25) is 0 Å². The van der Waals surface area contributed by atoms with E-state index in [1.54, 1.807) is 17.9 Å². The molecule has 24 heavy (non-hydrogen) atoms. The predicted molar refractivity (Wildman–Crippen MR) is 94.6 cm³/mol. The van der Waals surface area contributed by atoms with Crippen molar-refractivity contribution in [3.05, 3.63) is 47.1 Å². The van der Waals surface area contributed by atoms with Gasteiger partial charge in [0, 0.05) is 23.7 Å². The fourth-order valence-electron chi connectivity index (χ4n) is 2.30. The molecule has 7 heteroatoms. The highest BCUT2D eigenvalue weighted by Gasteiger charge is 2.14. The van der Waals surface area contributed by atoms with E-state index in [-0.39, 0.29) is 5.91 Å². The third-order valence-electron chi connectivity index (χ3n) is 3.42. The molecule has 0 aliphatic carbocycles. The molecule has 0 spiro atoms. The molecule has 1 N–H and O–H groups in total. The topological polar surface area (TPSA) is 69.0 Å². The number of rotatable bonds is 5. The second-order valence-corrected chi connectivity index (χ2v) is 6.44. The Morgan fingerprint density at radius 3 is 2.71 bits per heavy atom. The fourth-order valence-corrected chi connectivity index (χ4v) is 3.13. The number of hydrogen-bond donors (Lipinski definition) is 1. The molecule has 0 aliphatic heterocycles. The molecular weight excluding hydrogens is 324 g/mol. The van der Waals surface area contributed by atoms with E-state index in [9.17, 15) is 4.79 Å². The Morgan fingerprint density at radius 1 is 1.33 bits per heavy atom. The van der Waals surface area contributed by atoms with Crippen molar-refractivity contribution in [1.82, 2.24) is 14.8 Å². The van der Waals surface area contributed by atoms with E-state index in [4.69, 9.17) is 4.74 Å². The number of nitrogens with zero attached hydrogens (tertiary/aromatic N) is 3. The number of thiazole rings is 1. The summed E-state index contributed by atoms with van der Waals surface area (Å²) in [5.41, 5.74) is 2.37. The number of carbonyl (C=O) groups is 1. The first-order valence-corrected chi connectivity index (χ1v) is 8.39. The maximum absolute atomic E-state index is 12.2. The van der Waals surface area contributed by atoms with Crippen molar-refractivity contribution in [2.45, 2.75) is 13.8 Å². The summed E-state index contributed by atoms with van der Waals surface area (Å²) < 4.78 is 7.04. The molecule has 2 heterocycles. The second-order valence-electron chi connectivity index (χ2n) is 5.24. The smallest absolute Gasteiger partial charge is 0.260 e. The Bertz CT molecular complexity index is 852. The van der Waals surface area contributed by atoms with Crippen LogP contribution in [-0.4, -0.2) is 27.3 Å². The molecule has 124 valence electrons. The van der Waals surface area contributed by atoms with Crippen LogP contribution in [0.3, 0.4) is 0 Å². The average molecular weight is 342 g/mol. The van der Waals surface area contributed by atoms with Crippen LogP contribution in [0.5, 0.6) is 5.75 Å². The standard InChI is InChI=1S/C17H18N4O2S/c1-4-23-14-7-5-12(6-8-14)15-11(2)24-17(19-15)20-16(22)13-9-18-21(3)10-13/h5-10H,4H2,1-3H3,(H,19,20,22). The van der Waals surface area contributed by atoms with E-state index in [0.717, 1.165) is 21.9 Å². The number of benzene rings is 1. The molecule has 0 aliphatic rings. The van der Waals surface area contributed by atoms with Gasteiger partial charge in [-0.25, -0.2) is 4.98 Å². The Kier molecular flexibility index (Phi) is 4.61. The minimum atomic E-state index is -0.213. The van der Waals surface area contributed by atoms with Gasteiger partial charge in [0.15, 0.2) is 5.13 Å². The van der Waals surface area contributed by atoms with E-state index in [1.807, 2.05) is 38.1 Å². The molecule has 1 amide bonds. The molecule has 0 atom stereocenters. The number of anilines is 1. The number of amides is 1. The molecule has 2 aromatic heterocycles. The highest BCUT2D eigenvalue weighted by molar-refractivity contribution is 7.16. The number of aromatic nitrogens is 3. The molecular formula is C17H18N4O2S. The molecule has 3 aromatic rings. The van der Waals surface area contributed by atoms with Gasteiger partial charge in [-0.05, 0) is 38.1 Å². The van der Waals surface area contributed by atoms with Crippen LogP contribution >= 0.6 is 11.3 Å². The Balaban J connectivity index is 1.78. The molecule has 0 saturated carbocycles. The normalized spacial score (nSPS) is 10.6. The molecule has 1 aromatic carbocycles. The van der Waals surface area contributed by atoms with E-state index in [0.29, 0.717) is 17.3 Å². The summed E-state index contributed by atoms with van der Waals surface area (Å²) in [6.45, 7) is 4.58. The molecule has 0 unspecified atom stereocenters. The molecule has 0 radical (unpaired) electrons. The maximum Gasteiger partial charge on any atom is 0.260 e. The lowest BCUT2D eigenvalue weighted by atomic mass is 10.1. The van der Waals surface area contributed by atoms with Gasteiger partial charge in [0.25, 0.3) is 5.91 Å². The maximum atomic E-state index is 12.2. The Labute approximate surface area is 144 Å². The third kappa shape index (κ3) is 3.46. The van der Waals surface area contributed by atoms with E-state index >= 15 is 0 Å². The van der Waals surface area contributed by atoms with Crippen LogP contribution < -0.4 is 10.1 Å². The van der Waals surface area contributed by atoms with Gasteiger partial charge in [0.05, 0.1) is 24.1 Å². The van der Waals surface area contributed by atoms with Crippen molar-refractivity contribution in [3.63, 3.8) is 0 Å². The van der Waals surface area contributed by atoms with Crippen LogP contribution in [0.1, 0.15) is 22.2 Å². The van der Waals surface area contributed by atoms with Crippen LogP contribution in [0.25, 0.3) is 11.3 Å². The van der Waals surface area contributed by atoms with Crippen molar-refractivity contribution in [2.75, 3.05) is 11.9 Å². The summed E-state index contributed by atoms with van der Waals surface area (Å²) in [5, 5.41) is 7.40. The van der Waals surface area contributed by atoms with Crippen molar-refractivity contribution in [3.8, 4) is 17.0 Å². The van der Waals surface area contributed by atoms with Gasteiger partial charge in [-0.3, -0.25) is 14.8 Å². The lowest BCUT2D eigenvalue weighted by molar-refractivity contribution is 0.102. The van der Waals surface area contributed by atoms with Crippen LogP contribution in [-0.2, 0) is 7.05 Å². The fraction of sp³-hybridized carbons (Fsp3) is 0.235. The third-order valence-corrected chi connectivity index (χ3v) is 4.31. The first kappa shape index (κ1) is 16.2. The summed E-state index contributed by atoms with van der Waals surface area (Å²) in [5.74, 6) is 0.620. The van der Waals surface area contributed by atoms with Crippen molar-refractivity contribution < 1.29 is 9.53 Å². The van der Waals surface area contributed by atoms with Crippen molar-refractivity contribution >= 4 is 22.4 Å². The predicted octanol–water partition coefficient (Wildman–Crippen LogP) is 3.50. The number of aryl methyl sites for hydroxylation is 2.